The van der Waals surface area contributed by atoms with Crippen LogP contribution in [0.15, 0.2) is 0 Å². The number of likely N-dealkylation sites (tertiary alicyclic amines) is 1. The average Bonchev–Trinajstić information content (AvgIpc) is 2.35. The Hall–Kier alpha value is -0.610. The first kappa shape index (κ1) is 15.4. The smallest absolute Gasteiger partial charge is 0.237 e. The molecule has 0 saturated carbocycles. The zero-order chi connectivity index (χ0) is 13.7. The lowest BCUT2D eigenvalue weighted by Gasteiger charge is -2.40. The molecule has 18 heavy (non-hydrogen) atoms. The van der Waals surface area contributed by atoms with E-state index in [4.69, 9.17) is 5.73 Å². The summed E-state index contributed by atoms with van der Waals surface area (Å²) in [5, 5.41) is 3.02. The molecule has 3 N–H and O–H groups in total. The molecule has 0 aromatic heterocycles. The van der Waals surface area contributed by atoms with Crippen LogP contribution < -0.4 is 11.1 Å². The number of carbonyl (C=O) groups is 1. The van der Waals surface area contributed by atoms with Gasteiger partial charge in [-0.05, 0) is 45.1 Å². The van der Waals surface area contributed by atoms with Gasteiger partial charge >= 0.3 is 0 Å². The minimum absolute atomic E-state index is 0.0481. The number of nitrogens with two attached hydrogens (primary N) is 1. The van der Waals surface area contributed by atoms with Gasteiger partial charge in [0.1, 0.15) is 0 Å². The minimum Gasteiger partial charge on any atom is -0.354 e. The van der Waals surface area contributed by atoms with Gasteiger partial charge in [-0.2, -0.15) is 0 Å². The maximum Gasteiger partial charge on any atom is 0.237 e. The van der Waals surface area contributed by atoms with Crippen LogP contribution in [0.2, 0.25) is 0 Å². The Kier molecular flexibility index (Phi) is 6.09. The largest absolute Gasteiger partial charge is 0.354 e. The van der Waals surface area contributed by atoms with E-state index in [1.165, 1.54) is 6.42 Å². The van der Waals surface area contributed by atoms with Gasteiger partial charge in [-0.25, -0.2) is 0 Å². The maximum atomic E-state index is 12.1. The fourth-order valence-corrected chi connectivity index (χ4v) is 2.55. The predicted molar refractivity (Wildman–Crippen MR) is 75.3 cm³/mol. The molecule has 4 nitrogen and oxygen atoms in total. The van der Waals surface area contributed by atoms with Gasteiger partial charge in [0, 0.05) is 19.1 Å². The summed E-state index contributed by atoms with van der Waals surface area (Å²) >= 11 is 0. The molecule has 0 aromatic carbocycles. The van der Waals surface area contributed by atoms with Crippen LogP contribution in [0.25, 0.3) is 0 Å². The Morgan fingerprint density at radius 3 is 2.61 bits per heavy atom. The summed E-state index contributed by atoms with van der Waals surface area (Å²) in [5.41, 5.74) is 5.76. The standard InChI is InChI=1S/C14H29N3O/c1-10(2)8-16-14(18)12(4)17-9-13(7-15)6-5-11(17)3/h10-13H,5-9,15H2,1-4H3,(H,16,18). The van der Waals surface area contributed by atoms with Crippen LogP contribution in [-0.2, 0) is 4.79 Å². The van der Waals surface area contributed by atoms with Gasteiger partial charge < -0.3 is 11.1 Å². The van der Waals surface area contributed by atoms with E-state index in [0.29, 0.717) is 17.9 Å². The van der Waals surface area contributed by atoms with Crippen LogP contribution in [-0.4, -0.2) is 42.5 Å². The zero-order valence-electron chi connectivity index (χ0n) is 12.3. The molecule has 0 aliphatic carbocycles. The van der Waals surface area contributed by atoms with Crippen molar-refractivity contribution in [3.63, 3.8) is 0 Å². The first-order valence-electron chi connectivity index (χ1n) is 7.19. The third-order valence-electron chi connectivity index (χ3n) is 3.92. The summed E-state index contributed by atoms with van der Waals surface area (Å²) in [5.74, 6) is 1.19. The Balaban J connectivity index is 2.52. The van der Waals surface area contributed by atoms with E-state index in [0.717, 1.165) is 26.1 Å². The summed E-state index contributed by atoms with van der Waals surface area (Å²) in [7, 11) is 0. The Bertz CT molecular complexity index is 268. The molecule has 0 aromatic rings. The number of hydrogen-bond acceptors (Lipinski definition) is 3. The molecule has 0 radical (unpaired) electrons. The van der Waals surface area contributed by atoms with Gasteiger partial charge in [0.25, 0.3) is 0 Å². The molecular formula is C14H29N3O. The van der Waals surface area contributed by atoms with Crippen molar-refractivity contribution in [1.82, 2.24) is 10.2 Å². The molecule has 1 heterocycles. The zero-order valence-corrected chi connectivity index (χ0v) is 12.3. The second kappa shape index (κ2) is 7.10. The first-order chi connectivity index (χ1) is 8.45. The third kappa shape index (κ3) is 4.25. The number of rotatable bonds is 5. The second-order valence-corrected chi connectivity index (χ2v) is 6.04. The van der Waals surface area contributed by atoms with Crippen LogP contribution in [0, 0.1) is 11.8 Å². The van der Waals surface area contributed by atoms with Crippen molar-refractivity contribution in [3.05, 3.63) is 0 Å². The molecule has 3 atom stereocenters. The highest BCUT2D eigenvalue weighted by Crippen LogP contribution is 2.23. The van der Waals surface area contributed by atoms with E-state index in [-0.39, 0.29) is 11.9 Å². The van der Waals surface area contributed by atoms with Crippen molar-refractivity contribution >= 4 is 5.91 Å². The van der Waals surface area contributed by atoms with Gasteiger partial charge in [-0.3, -0.25) is 9.69 Å². The summed E-state index contributed by atoms with van der Waals surface area (Å²) in [6, 6.07) is 0.431. The maximum absolute atomic E-state index is 12.1. The van der Waals surface area contributed by atoms with E-state index in [1.54, 1.807) is 0 Å². The number of hydrogen-bond donors (Lipinski definition) is 2. The Morgan fingerprint density at radius 2 is 2.06 bits per heavy atom. The van der Waals surface area contributed by atoms with Crippen molar-refractivity contribution in [2.45, 2.75) is 52.6 Å². The normalized spacial score (nSPS) is 27.2. The van der Waals surface area contributed by atoms with Gasteiger partial charge in [0.05, 0.1) is 6.04 Å². The number of carbonyl (C=O) groups excluding carboxylic acids is 1. The topological polar surface area (TPSA) is 58.4 Å². The molecule has 1 aliphatic rings. The molecule has 4 heteroatoms. The summed E-state index contributed by atoms with van der Waals surface area (Å²) in [4.78, 5) is 14.4. The predicted octanol–water partition coefficient (Wildman–Crippen LogP) is 1.21. The highest BCUT2D eigenvalue weighted by Gasteiger charge is 2.31. The fourth-order valence-electron chi connectivity index (χ4n) is 2.55. The molecule has 1 aliphatic heterocycles. The number of amides is 1. The van der Waals surface area contributed by atoms with E-state index in [1.807, 2.05) is 6.92 Å². The average molecular weight is 255 g/mol. The van der Waals surface area contributed by atoms with Crippen LogP contribution in [0.5, 0.6) is 0 Å². The van der Waals surface area contributed by atoms with Crippen LogP contribution in [0.4, 0.5) is 0 Å². The molecule has 1 saturated heterocycles. The lowest BCUT2D eigenvalue weighted by molar-refractivity contribution is -0.127. The van der Waals surface area contributed by atoms with Crippen LogP contribution in [0.1, 0.15) is 40.5 Å². The SMILES string of the molecule is CC(C)CNC(=O)C(C)N1CC(CN)CCC1C. The van der Waals surface area contributed by atoms with Crippen LogP contribution in [0.3, 0.4) is 0 Å². The van der Waals surface area contributed by atoms with Gasteiger partial charge in [-0.1, -0.05) is 13.8 Å². The number of nitrogens with zero attached hydrogens (tertiary/aromatic N) is 1. The highest BCUT2D eigenvalue weighted by molar-refractivity contribution is 5.81. The van der Waals surface area contributed by atoms with Crippen molar-refractivity contribution in [2.75, 3.05) is 19.6 Å². The second-order valence-electron chi connectivity index (χ2n) is 6.04. The van der Waals surface area contributed by atoms with Crippen LogP contribution >= 0.6 is 0 Å². The molecule has 106 valence electrons. The lowest BCUT2D eigenvalue weighted by atomic mass is 9.92. The third-order valence-corrected chi connectivity index (χ3v) is 3.92. The monoisotopic (exact) mass is 255 g/mol. The molecule has 0 bridgehead atoms. The van der Waals surface area contributed by atoms with Gasteiger partial charge in [-0.15, -0.1) is 0 Å². The molecular weight excluding hydrogens is 226 g/mol. The molecule has 3 unspecified atom stereocenters. The summed E-state index contributed by atoms with van der Waals surface area (Å²) in [6.07, 6.45) is 2.33. The molecule has 1 rings (SSSR count). The summed E-state index contributed by atoms with van der Waals surface area (Å²) in [6.45, 7) is 10.9. The van der Waals surface area contributed by atoms with Crippen molar-refractivity contribution < 1.29 is 4.79 Å². The quantitative estimate of drug-likeness (QED) is 0.776. The van der Waals surface area contributed by atoms with Crippen molar-refractivity contribution in [3.8, 4) is 0 Å². The summed E-state index contributed by atoms with van der Waals surface area (Å²) < 4.78 is 0. The van der Waals surface area contributed by atoms with E-state index >= 15 is 0 Å². The molecule has 1 amide bonds. The minimum atomic E-state index is -0.0481. The van der Waals surface area contributed by atoms with E-state index in [2.05, 4.69) is 31.0 Å². The Morgan fingerprint density at radius 1 is 1.39 bits per heavy atom. The number of nitrogens with one attached hydrogen (secondary N) is 1. The van der Waals surface area contributed by atoms with E-state index in [9.17, 15) is 4.79 Å². The first-order valence-corrected chi connectivity index (χ1v) is 7.19. The van der Waals surface area contributed by atoms with E-state index < -0.39 is 0 Å². The fraction of sp³-hybridized carbons (Fsp3) is 0.929. The molecule has 0 spiro atoms. The Labute approximate surface area is 111 Å². The highest BCUT2D eigenvalue weighted by atomic mass is 16.2. The van der Waals surface area contributed by atoms with Gasteiger partial charge in [0.2, 0.25) is 5.91 Å². The van der Waals surface area contributed by atoms with Gasteiger partial charge in [0.15, 0.2) is 0 Å². The molecule has 1 fully saturated rings. The van der Waals surface area contributed by atoms with Crippen molar-refractivity contribution in [2.24, 2.45) is 17.6 Å². The van der Waals surface area contributed by atoms with Crippen molar-refractivity contribution in [1.29, 1.82) is 0 Å². The number of piperidine rings is 1. The lowest BCUT2D eigenvalue weighted by Crippen LogP contribution is -2.53.